The van der Waals surface area contributed by atoms with Crippen LogP contribution < -0.4 is 22.1 Å². The Kier molecular flexibility index (Phi) is 6.66. The minimum absolute atomic E-state index is 0.0311. The zero-order chi connectivity index (χ0) is 27.0. The Balaban J connectivity index is 1.48. The summed E-state index contributed by atoms with van der Waals surface area (Å²) in [5.41, 5.74) is 16.6. The Hall–Kier alpha value is -4.55. The molecule has 0 saturated carbocycles. The molecule has 38 heavy (non-hydrogen) atoms. The van der Waals surface area contributed by atoms with Gasteiger partial charge >= 0.3 is 6.03 Å². The number of carbonyl (C=O) groups excluding carboxylic acids is 2. The van der Waals surface area contributed by atoms with Crippen LogP contribution in [0.1, 0.15) is 49.8 Å². The first kappa shape index (κ1) is 25.1. The number of rotatable bonds is 5. The molecule has 2 aliphatic rings. The van der Waals surface area contributed by atoms with Gasteiger partial charge in [0, 0.05) is 47.9 Å². The molecular formula is C25H31N11O2. The molecule has 2 fully saturated rings. The van der Waals surface area contributed by atoms with E-state index in [1.165, 1.54) is 7.05 Å². The van der Waals surface area contributed by atoms with Gasteiger partial charge in [0.25, 0.3) is 5.91 Å². The summed E-state index contributed by atoms with van der Waals surface area (Å²) in [6.45, 7) is 2.05. The second-order valence-corrected chi connectivity index (χ2v) is 9.55. The van der Waals surface area contributed by atoms with Crippen LogP contribution in [0.15, 0.2) is 29.5 Å². The van der Waals surface area contributed by atoms with E-state index in [2.05, 4.69) is 32.6 Å². The number of fused-ring (bicyclic) bond motifs is 3. The third kappa shape index (κ3) is 4.29. The lowest BCUT2D eigenvalue weighted by Gasteiger charge is -2.39. The normalized spacial score (nSPS) is 20.9. The molecule has 3 amide bonds. The van der Waals surface area contributed by atoms with Gasteiger partial charge in [0.15, 0.2) is 11.5 Å². The van der Waals surface area contributed by atoms with Crippen LogP contribution in [0.5, 0.6) is 0 Å². The van der Waals surface area contributed by atoms with Gasteiger partial charge in [-0.2, -0.15) is 9.61 Å². The Morgan fingerprint density at radius 3 is 2.58 bits per heavy atom. The first-order valence-corrected chi connectivity index (χ1v) is 12.6. The van der Waals surface area contributed by atoms with Crippen LogP contribution in [0, 0.1) is 5.41 Å². The van der Waals surface area contributed by atoms with Gasteiger partial charge in [0.1, 0.15) is 18.0 Å². The predicted octanol–water partition coefficient (Wildman–Crippen LogP) is 1.89. The van der Waals surface area contributed by atoms with E-state index in [9.17, 15) is 9.59 Å². The fourth-order valence-corrected chi connectivity index (χ4v) is 5.76. The molecule has 0 radical (unpaired) electrons. The molecule has 2 atom stereocenters. The summed E-state index contributed by atoms with van der Waals surface area (Å²) in [5, 5.41) is 16.8. The maximum absolute atomic E-state index is 12.9. The van der Waals surface area contributed by atoms with Gasteiger partial charge in [-0.3, -0.25) is 15.5 Å². The predicted molar refractivity (Wildman–Crippen MR) is 144 cm³/mol. The van der Waals surface area contributed by atoms with Crippen LogP contribution in [0.25, 0.3) is 16.8 Å². The highest BCUT2D eigenvalue weighted by Gasteiger charge is 2.45. The highest BCUT2D eigenvalue weighted by molar-refractivity contribution is 6.38. The zero-order valence-electron chi connectivity index (χ0n) is 21.3. The van der Waals surface area contributed by atoms with Gasteiger partial charge in [0.2, 0.25) is 0 Å². The maximum Gasteiger partial charge on any atom is 0.320 e. The fourth-order valence-electron chi connectivity index (χ4n) is 5.76. The number of nitrogens with zero attached hydrogens (tertiary/aromatic N) is 6. The van der Waals surface area contributed by atoms with E-state index in [1.807, 2.05) is 11.0 Å². The summed E-state index contributed by atoms with van der Waals surface area (Å²) >= 11 is 0. The van der Waals surface area contributed by atoms with Crippen molar-refractivity contribution in [3.63, 3.8) is 0 Å². The van der Waals surface area contributed by atoms with E-state index in [0.717, 1.165) is 54.4 Å². The van der Waals surface area contributed by atoms with Crippen molar-refractivity contribution < 1.29 is 9.59 Å². The van der Waals surface area contributed by atoms with Gasteiger partial charge in [-0.15, -0.1) is 0 Å². The lowest BCUT2D eigenvalue weighted by molar-refractivity contribution is -0.128. The lowest BCUT2D eigenvalue weighted by Crippen LogP contribution is -2.50. The number of nitrogens with one attached hydrogen (secondary N) is 3. The molecule has 2 unspecified atom stereocenters. The third-order valence-corrected chi connectivity index (χ3v) is 7.49. The van der Waals surface area contributed by atoms with E-state index in [4.69, 9.17) is 21.9 Å². The average Bonchev–Trinajstić information content (AvgIpc) is 3.46. The van der Waals surface area contributed by atoms with Gasteiger partial charge in [-0.05, 0) is 44.2 Å². The molecule has 2 saturated heterocycles. The molecule has 198 valence electrons. The zero-order valence-corrected chi connectivity index (χ0v) is 21.3. The molecular weight excluding hydrogens is 486 g/mol. The molecule has 0 spiro atoms. The van der Waals surface area contributed by atoms with Crippen LogP contribution in [0.4, 0.5) is 16.4 Å². The van der Waals surface area contributed by atoms with Crippen molar-refractivity contribution in [3.05, 3.63) is 35.8 Å². The van der Waals surface area contributed by atoms with Crippen LogP contribution >= 0.6 is 0 Å². The Bertz CT molecular complexity index is 1420. The van der Waals surface area contributed by atoms with E-state index < -0.39 is 0 Å². The van der Waals surface area contributed by atoms with Crippen molar-refractivity contribution in [1.82, 2.24) is 29.8 Å². The number of amidine groups is 1. The molecule has 0 aliphatic carbocycles. The topological polar surface area (TPSA) is 193 Å². The standard InChI is InChI=1S/C25H31N11O2/c1-3-17-20(14-8-15-5-6-16(9-14)35(15)24(37)21(27)31-12-26)34-23-18(11-32-36(23)22(17)28)13-4-7-19(30-10-13)33-25(38)29-2/h4,7,10-12,14-16H,3,5-6,8-9,28H2,1-2H3,(H3,26,27,31)(H2,29,30,33,38). The molecule has 5 heterocycles. The highest BCUT2D eigenvalue weighted by Crippen LogP contribution is 2.44. The molecule has 3 aromatic heterocycles. The van der Waals surface area contributed by atoms with Crippen molar-refractivity contribution in [3.8, 4) is 11.1 Å². The van der Waals surface area contributed by atoms with Crippen molar-refractivity contribution >= 4 is 41.4 Å². The minimum Gasteiger partial charge on any atom is -0.383 e. The number of aliphatic imine (C=N–C) groups is 1. The maximum atomic E-state index is 12.9. The molecule has 3 aromatic rings. The molecule has 2 bridgehead atoms. The average molecular weight is 518 g/mol. The van der Waals surface area contributed by atoms with Crippen LogP contribution in [0.2, 0.25) is 0 Å². The van der Waals surface area contributed by atoms with Crippen molar-refractivity contribution in [2.45, 2.75) is 57.0 Å². The van der Waals surface area contributed by atoms with E-state index in [-0.39, 0.29) is 35.8 Å². The van der Waals surface area contributed by atoms with Gasteiger partial charge < -0.3 is 21.7 Å². The Morgan fingerprint density at radius 1 is 1.24 bits per heavy atom. The molecule has 7 N–H and O–H groups in total. The Morgan fingerprint density at radius 2 is 1.97 bits per heavy atom. The largest absolute Gasteiger partial charge is 0.383 e. The molecule has 0 aromatic carbocycles. The highest BCUT2D eigenvalue weighted by atomic mass is 16.2. The summed E-state index contributed by atoms with van der Waals surface area (Å²) in [6.07, 6.45) is 8.17. The summed E-state index contributed by atoms with van der Waals surface area (Å²) < 4.78 is 1.66. The fraction of sp³-hybridized carbons (Fsp3) is 0.400. The van der Waals surface area contributed by atoms with Gasteiger partial charge in [-0.1, -0.05) is 6.92 Å². The summed E-state index contributed by atoms with van der Waals surface area (Å²) in [4.78, 5) is 39.5. The first-order chi connectivity index (χ1) is 18.4. The second kappa shape index (κ2) is 10.1. The SMILES string of the molecule is CCc1c(C2CC3CCC(C2)N3C(=O)C(N)=NC=N)nc2c(-c3ccc(NC(=O)NC)nc3)cnn2c1N. The smallest absolute Gasteiger partial charge is 0.320 e. The molecule has 13 nitrogen and oxygen atoms in total. The number of anilines is 2. The van der Waals surface area contributed by atoms with E-state index in [0.29, 0.717) is 23.7 Å². The van der Waals surface area contributed by atoms with Crippen molar-refractivity contribution in [1.29, 1.82) is 5.41 Å². The monoisotopic (exact) mass is 517 g/mol. The number of piperidine rings is 1. The Labute approximate surface area is 219 Å². The molecule has 5 rings (SSSR count). The number of urea groups is 1. The summed E-state index contributed by atoms with van der Waals surface area (Å²) in [5.74, 6) is 0.645. The number of aromatic nitrogens is 4. The van der Waals surface area contributed by atoms with Gasteiger partial charge in [-0.25, -0.2) is 19.8 Å². The first-order valence-electron chi connectivity index (χ1n) is 12.6. The van der Waals surface area contributed by atoms with Gasteiger partial charge in [0.05, 0.1) is 11.9 Å². The summed E-state index contributed by atoms with van der Waals surface area (Å²) in [7, 11) is 1.54. The number of hydrogen-bond donors (Lipinski definition) is 5. The number of carbonyl (C=O) groups is 2. The van der Waals surface area contributed by atoms with Crippen LogP contribution in [-0.2, 0) is 11.2 Å². The molecule has 2 aliphatic heterocycles. The van der Waals surface area contributed by atoms with Crippen LogP contribution in [-0.4, -0.2) is 67.7 Å². The summed E-state index contributed by atoms with van der Waals surface area (Å²) in [6, 6.07) is 3.29. The second-order valence-electron chi connectivity index (χ2n) is 9.55. The van der Waals surface area contributed by atoms with Crippen molar-refractivity contribution in [2.75, 3.05) is 18.1 Å². The minimum atomic E-state index is -0.348. The van der Waals surface area contributed by atoms with Crippen LogP contribution in [0.3, 0.4) is 0 Å². The third-order valence-electron chi connectivity index (χ3n) is 7.49. The number of nitrogens with two attached hydrogens (primary N) is 2. The van der Waals surface area contributed by atoms with E-state index in [1.54, 1.807) is 23.0 Å². The quantitative estimate of drug-likeness (QED) is 0.252. The molecule has 13 heteroatoms. The van der Waals surface area contributed by atoms with E-state index >= 15 is 0 Å². The van der Waals surface area contributed by atoms with Crippen molar-refractivity contribution in [2.24, 2.45) is 10.7 Å². The lowest BCUT2D eigenvalue weighted by atomic mass is 9.85. The number of nitrogen functional groups attached to an aromatic ring is 1. The number of hydrogen-bond acceptors (Lipinski definition) is 7. The number of amides is 3. The number of pyridine rings is 1.